The maximum absolute atomic E-state index is 12.7. The molecule has 2 amide bonds. The monoisotopic (exact) mass is 443 g/mol. The molecule has 0 fully saturated rings. The van der Waals surface area contributed by atoms with E-state index in [1.165, 1.54) is 12.2 Å². The zero-order chi connectivity index (χ0) is 23.4. The number of imide groups is 1. The lowest BCUT2D eigenvalue weighted by atomic mass is 10.0. The molecule has 164 valence electrons. The normalized spacial score (nSPS) is 12.7. The molecule has 1 heterocycles. The fraction of sp³-hybridized carbons (Fsp3) is 0.0385. The highest BCUT2D eigenvalue weighted by molar-refractivity contribution is 6.28. The summed E-state index contributed by atoms with van der Waals surface area (Å²) in [6.07, 6.45) is 2.47. The molecule has 4 rings (SSSR count). The van der Waals surface area contributed by atoms with Crippen LogP contribution < -0.4 is 14.4 Å². The Kier molecular flexibility index (Phi) is 6.13. The van der Waals surface area contributed by atoms with E-state index in [1.807, 2.05) is 0 Å². The number of anilines is 1. The zero-order valence-corrected chi connectivity index (χ0v) is 17.4. The highest BCUT2D eigenvalue weighted by Gasteiger charge is 2.24. The Labute approximate surface area is 189 Å². The molecule has 1 aliphatic rings. The van der Waals surface area contributed by atoms with Crippen LogP contribution >= 0.6 is 0 Å². The average molecular weight is 443 g/mol. The molecule has 0 unspecified atom stereocenters. The van der Waals surface area contributed by atoms with Crippen molar-refractivity contribution in [2.75, 3.05) is 11.5 Å². The molecule has 3 aromatic rings. The van der Waals surface area contributed by atoms with Crippen LogP contribution in [-0.2, 0) is 9.59 Å². The van der Waals surface area contributed by atoms with E-state index in [9.17, 15) is 18.8 Å². The molecule has 0 N–H and O–H groups in total. The van der Waals surface area contributed by atoms with Crippen molar-refractivity contribution in [2.45, 2.75) is 0 Å². The first-order valence-electron chi connectivity index (χ1n) is 9.96. The van der Waals surface area contributed by atoms with E-state index < -0.39 is 11.8 Å². The summed E-state index contributed by atoms with van der Waals surface area (Å²) in [4.78, 5) is 37.1. The van der Waals surface area contributed by atoms with Gasteiger partial charge in [0.25, 0.3) is 11.8 Å². The number of rotatable bonds is 7. The molecule has 3 aromatic carbocycles. The van der Waals surface area contributed by atoms with E-state index in [0.717, 1.165) is 16.0 Å². The van der Waals surface area contributed by atoms with Crippen molar-refractivity contribution < 1.29 is 28.2 Å². The summed E-state index contributed by atoms with van der Waals surface area (Å²) < 4.78 is 23.2. The smallest absolute Gasteiger partial charge is 0.343 e. The van der Waals surface area contributed by atoms with Crippen LogP contribution in [0.25, 0.3) is 11.1 Å². The van der Waals surface area contributed by atoms with Crippen LogP contribution in [0.2, 0.25) is 0 Å². The summed E-state index contributed by atoms with van der Waals surface area (Å²) in [5.74, 6) is -1.10. The molecule has 0 bridgehead atoms. The molecule has 0 radical (unpaired) electrons. The Balaban J connectivity index is 1.39. The number of amides is 2. The van der Waals surface area contributed by atoms with Crippen molar-refractivity contribution >= 4 is 23.5 Å². The van der Waals surface area contributed by atoms with Gasteiger partial charge in [-0.25, -0.2) is 14.1 Å². The van der Waals surface area contributed by atoms with Crippen LogP contribution in [0, 0.1) is 0 Å². The Bertz CT molecular complexity index is 1230. The Morgan fingerprint density at radius 1 is 0.788 bits per heavy atom. The first kappa shape index (κ1) is 21.7. The molecule has 0 aliphatic carbocycles. The molecule has 0 spiro atoms. The molecule has 0 atom stereocenters. The summed E-state index contributed by atoms with van der Waals surface area (Å²) in [6, 6.07) is 20.1. The lowest BCUT2D eigenvalue weighted by Gasteiger charge is -2.14. The van der Waals surface area contributed by atoms with Crippen LogP contribution in [-0.4, -0.2) is 24.4 Å². The van der Waals surface area contributed by atoms with E-state index in [2.05, 4.69) is 6.58 Å². The van der Waals surface area contributed by atoms with Crippen LogP contribution in [0.1, 0.15) is 10.4 Å². The van der Waals surface area contributed by atoms with E-state index >= 15 is 0 Å². The van der Waals surface area contributed by atoms with Gasteiger partial charge in [0.15, 0.2) is 0 Å². The minimum atomic E-state index is -0.584. The SMILES string of the molecule is C=C(F)COc1ccc(OC(=O)c2ccc(-c3ccc(N4C(=O)C=CC4=O)cc3)cc2)cc1. The summed E-state index contributed by atoms with van der Waals surface area (Å²) in [5.41, 5.74) is 2.57. The van der Waals surface area contributed by atoms with Crippen molar-refractivity contribution in [3.05, 3.63) is 103 Å². The fourth-order valence-electron chi connectivity index (χ4n) is 3.19. The largest absolute Gasteiger partial charge is 0.487 e. The van der Waals surface area contributed by atoms with Gasteiger partial charge in [-0.2, -0.15) is 0 Å². The van der Waals surface area contributed by atoms with Gasteiger partial charge in [-0.3, -0.25) is 9.59 Å². The molecule has 0 saturated heterocycles. The molecule has 6 nitrogen and oxygen atoms in total. The number of hydrogen-bond acceptors (Lipinski definition) is 5. The molecular formula is C26H18FNO5. The Morgan fingerprint density at radius 2 is 1.30 bits per heavy atom. The molecule has 1 aliphatic heterocycles. The third-order valence-electron chi connectivity index (χ3n) is 4.82. The molecule has 0 aromatic heterocycles. The minimum absolute atomic E-state index is 0.236. The lowest BCUT2D eigenvalue weighted by Crippen LogP contribution is -2.29. The first-order chi connectivity index (χ1) is 15.9. The van der Waals surface area contributed by atoms with Gasteiger partial charge in [0, 0.05) is 12.2 Å². The van der Waals surface area contributed by atoms with E-state index in [0.29, 0.717) is 22.7 Å². The number of esters is 1. The lowest BCUT2D eigenvalue weighted by molar-refractivity contribution is -0.119. The number of nitrogens with zero attached hydrogens (tertiary/aromatic N) is 1. The van der Waals surface area contributed by atoms with Crippen molar-refractivity contribution in [1.82, 2.24) is 0 Å². The summed E-state index contributed by atoms with van der Waals surface area (Å²) in [7, 11) is 0. The van der Waals surface area contributed by atoms with E-state index in [4.69, 9.17) is 9.47 Å². The molecular weight excluding hydrogens is 425 g/mol. The molecule has 0 saturated carbocycles. The van der Waals surface area contributed by atoms with Crippen LogP contribution in [0.15, 0.2) is 97.4 Å². The maximum atomic E-state index is 12.7. The third-order valence-corrected chi connectivity index (χ3v) is 4.82. The van der Waals surface area contributed by atoms with Crippen molar-refractivity contribution in [2.24, 2.45) is 0 Å². The first-order valence-corrected chi connectivity index (χ1v) is 9.96. The minimum Gasteiger partial charge on any atom is -0.487 e. The van der Waals surface area contributed by atoms with Crippen LogP contribution in [0.5, 0.6) is 11.5 Å². The van der Waals surface area contributed by atoms with Gasteiger partial charge >= 0.3 is 5.97 Å². The molecule has 33 heavy (non-hydrogen) atoms. The topological polar surface area (TPSA) is 72.9 Å². The third kappa shape index (κ3) is 5.04. The van der Waals surface area contributed by atoms with Crippen molar-refractivity contribution in [1.29, 1.82) is 0 Å². The van der Waals surface area contributed by atoms with Crippen LogP contribution in [0.3, 0.4) is 0 Å². The summed E-state index contributed by atoms with van der Waals surface area (Å²) in [6.45, 7) is 2.89. The highest BCUT2D eigenvalue weighted by Crippen LogP contribution is 2.26. The van der Waals surface area contributed by atoms with Gasteiger partial charge in [-0.05, 0) is 59.7 Å². The van der Waals surface area contributed by atoms with E-state index in [1.54, 1.807) is 72.8 Å². The second kappa shape index (κ2) is 9.32. The predicted molar refractivity (Wildman–Crippen MR) is 121 cm³/mol. The second-order valence-corrected chi connectivity index (χ2v) is 7.14. The van der Waals surface area contributed by atoms with Gasteiger partial charge in [-0.1, -0.05) is 30.8 Å². The summed E-state index contributed by atoms with van der Waals surface area (Å²) >= 11 is 0. The van der Waals surface area contributed by atoms with Gasteiger partial charge in [0.1, 0.15) is 23.9 Å². The Hall–Kier alpha value is -4.52. The fourth-order valence-corrected chi connectivity index (χ4v) is 3.19. The number of hydrogen-bond donors (Lipinski definition) is 0. The van der Waals surface area contributed by atoms with E-state index in [-0.39, 0.29) is 18.4 Å². The van der Waals surface area contributed by atoms with Gasteiger partial charge < -0.3 is 9.47 Å². The Morgan fingerprint density at radius 3 is 1.85 bits per heavy atom. The van der Waals surface area contributed by atoms with Gasteiger partial charge in [0.05, 0.1) is 11.3 Å². The average Bonchev–Trinajstić information content (AvgIpc) is 3.16. The van der Waals surface area contributed by atoms with Gasteiger partial charge in [-0.15, -0.1) is 0 Å². The van der Waals surface area contributed by atoms with Gasteiger partial charge in [0.2, 0.25) is 0 Å². The quantitative estimate of drug-likeness (QED) is 0.296. The maximum Gasteiger partial charge on any atom is 0.343 e. The van der Waals surface area contributed by atoms with Crippen LogP contribution in [0.4, 0.5) is 10.1 Å². The number of benzene rings is 3. The highest BCUT2D eigenvalue weighted by atomic mass is 19.1. The number of halogens is 1. The number of carbonyl (C=O) groups is 3. The second-order valence-electron chi connectivity index (χ2n) is 7.14. The standard InChI is InChI=1S/C26H18FNO5/c1-17(27)16-32-22-10-12-23(13-11-22)33-26(31)20-4-2-18(3-5-20)19-6-8-21(9-7-19)28-24(29)14-15-25(28)30/h2-15H,1,16H2. The number of ether oxygens (including phenoxy) is 2. The predicted octanol–water partition coefficient (Wildman–Crippen LogP) is 4.86. The summed E-state index contributed by atoms with van der Waals surface area (Å²) in [5, 5.41) is 0. The number of carbonyl (C=O) groups excluding carboxylic acids is 3. The zero-order valence-electron chi connectivity index (χ0n) is 17.4. The van der Waals surface area contributed by atoms with Crippen molar-refractivity contribution in [3.63, 3.8) is 0 Å². The van der Waals surface area contributed by atoms with Crippen molar-refractivity contribution in [3.8, 4) is 22.6 Å². The molecule has 7 heteroatoms.